The highest BCUT2D eigenvalue weighted by atomic mass is 35.5. The molecule has 6 unspecified atom stereocenters. The van der Waals surface area contributed by atoms with E-state index in [9.17, 15) is 28.8 Å². The summed E-state index contributed by atoms with van der Waals surface area (Å²) in [6, 6.07) is 8.62. The molecule has 2 aliphatic carbocycles. The maximum absolute atomic E-state index is 14.4. The Morgan fingerprint density at radius 3 is 1.15 bits per heavy atom. The highest BCUT2D eigenvalue weighted by Gasteiger charge is 2.64. The summed E-state index contributed by atoms with van der Waals surface area (Å²) in [5.41, 5.74) is -4.33. The molecular weight excluding hydrogens is 1050 g/mol. The molecule has 71 heavy (non-hydrogen) atoms. The van der Waals surface area contributed by atoms with Gasteiger partial charge in [-0.2, -0.15) is 0 Å². The lowest BCUT2D eigenvalue weighted by molar-refractivity contribution is -0.259. The number of allylic oxidation sites excluding steroid dienone is 4. The molecule has 0 N–H and O–H groups in total. The Bertz CT molecular complexity index is 2220. The summed E-state index contributed by atoms with van der Waals surface area (Å²) >= 11 is 39.0. The van der Waals surface area contributed by atoms with Gasteiger partial charge in [0.05, 0.1) is 23.3 Å². The lowest BCUT2D eigenvalue weighted by Crippen LogP contribution is -2.65. The van der Waals surface area contributed by atoms with Gasteiger partial charge in [-0.05, 0) is 92.8 Å². The molecule has 0 bridgehead atoms. The van der Waals surface area contributed by atoms with Crippen LogP contribution in [0.4, 0.5) is 0 Å². The van der Waals surface area contributed by atoms with Gasteiger partial charge in [-0.15, -0.1) is 0 Å². The second kappa shape index (κ2) is 27.0. The fraction of sp³-hybridized carbons (Fsp3) is 0.490. The predicted octanol–water partition coefficient (Wildman–Crippen LogP) is 12.9. The Morgan fingerprint density at radius 1 is 0.479 bits per heavy atom. The first-order valence-electron chi connectivity index (χ1n) is 23.2. The van der Waals surface area contributed by atoms with E-state index in [1.54, 1.807) is 41.5 Å². The molecule has 0 aliphatic heterocycles. The Morgan fingerprint density at radius 2 is 0.817 bits per heavy atom. The summed E-state index contributed by atoms with van der Waals surface area (Å²) in [4.78, 5) is 81.3. The van der Waals surface area contributed by atoms with Crippen LogP contribution in [0.5, 0.6) is 11.5 Å². The molecular formula is C51H58Cl6O14. The Balaban J connectivity index is 1.76. The van der Waals surface area contributed by atoms with Crippen LogP contribution in [0, 0.1) is 11.8 Å². The van der Waals surface area contributed by atoms with E-state index in [0.717, 1.165) is 0 Å². The van der Waals surface area contributed by atoms with Crippen molar-refractivity contribution in [2.24, 2.45) is 11.8 Å². The summed E-state index contributed by atoms with van der Waals surface area (Å²) in [6.07, 6.45) is 8.57. The second-order valence-corrected chi connectivity index (χ2v) is 19.5. The van der Waals surface area contributed by atoms with E-state index in [1.807, 2.05) is 0 Å². The molecule has 0 saturated heterocycles. The lowest BCUT2D eigenvalue weighted by Gasteiger charge is -2.49. The van der Waals surface area contributed by atoms with E-state index in [4.69, 9.17) is 108 Å². The molecule has 0 aromatic heterocycles. The number of carbonyl (C=O) groups excluding carboxylic acids is 6. The largest absolute Gasteiger partial charge is 0.465 e. The molecule has 0 fully saturated rings. The van der Waals surface area contributed by atoms with Crippen molar-refractivity contribution in [2.75, 3.05) is 13.2 Å². The van der Waals surface area contributed by atoms with E-state index in [-0.39, 0.29) is 87.0 Å². The van der Waals surface area contributed by atoms with Gasteiger partial charge >= 0.3 is 47.4 Å². The fourth-order valence-electron chi connectivity index (χ4n) is 7.60. The number of carbonyl (C=O) groups is 6. The van der Waals surface area contributed by atoms with Gasteiger partial charge in [0.1, 0.15) is 11.5 Å². The maximum Gasteiger partial charge on any atom is 0.318 e. The van der Waals surface area contributed by atoms with Gasteiger partial charge in [0.2, 0.25) is 11.2 Å². The van der Waals surface area contributed by atoms with Crippen LogP contribution >= 0.6 is 69.6 Å². The first-order chi connectivity index (χ1) is 33.6. The Labute approximate surface area is 444 Å². The lowest BCUT2D eigenvalue weighted by atomic mass is 9.77. The summed E-state index contributed by atoms with van der Waals surface area (Å²) in [5, 5.41) is 0.648. The monoisotopic (exact) mass is 1100 g/mol. The van der Waals surface area contributed by atoms with Gasteiger partial charge in [-0.25, -0.2) is 0 Å². The van der Waals surface area contributed by atoms with Crippen LogP contribution in [-0.2, 0) is 57.2 Å². The van der Waals surface area contributed by atoms with Crippen LogP contribution < -0.4 is 9.47 Å². The number of esters is 6. The zero-order valence-corrected chi connectivity index (χ0v) is 44.8. The van der Waals surface area contributed by atoms with E-state index in [0.29, 0.717) is 25.7 Å². The molecule has 6 atom stereocenters. The third kappa shape index (κ3) is 15.3. The molecule has 0 spiro atoms. The minimum atomic E-state index is -2.32. The van der Waals surface area contributed by atoms with Crippen molar-refractivity contribution in [3.63, 3.8) is 0 Å². The summed E-state index contributed by atoms with van der Waals surface area (Å²) in [5.74, 6) is -11.3. The highest BCUT2D eigenvalue weighted by molar-refractivity contribution is 6.36. The number of rotatable bonds is 26. The van der Waals surface area contributed by atoms with Crippen molar-refractivity contribution in [3.05, 3.63) is 103 Å². The molecule has 14 nitrogen and oxygen atoms in total. The van der Waals surface area contributed by atoms with Crippen LogP contribution in [-0.4, -0.2) is 71.8 Å². The second-order valence-electron chi connectivity index (χ2n) is 16.9. The minimum Gasteiger partial charge on any atom is -0.465 e. The van der Waals surface area contributed by atoms with E-state index in [1.165, 1.54) is 72.9 Å². The highest BCUT2D eigenvalue weighted by Crippen LogP contribution is 2.49. The van der Waals surface area contributed by atoms with Gasteiger partial charge in [-0.1, -0.05) is 111 Å². The first-order valence-corrected chi connectivity index (χ1v) is 25.5. The van der Waals surface area contributed by atoms with Crippen molar-refractivity contribution in [1.29, 1.82) is 0 Å². The van der Waals surface area contributed by atoms with Gasteiger partial charge in [0, 0.05) is 82.6 Å². The van der Waals surface area contributed by atoms with Gasteiger partial charge < -0.3 is 37.9 Å². The predicted molar refractivity (Wildman–Crippen MR) is 269 cm³/mol. The van der Waals surface area contributed by atoms with E-state index in [2.05, 4.69) is 0 Å². The number of hydrogen-bond donors (Lipinski definition) is 0. The van der Waals surface area contributed by atoms with Crippen molar-refractivity contribution in [1.82, 2.24) is 0 Å². The van der Waals surface area contributed by atoms with Crippen LogP contribution in [0.25, 0.3) is 0 Å². The van der Waals surface area contributed by atoms with Crippen LogP contribution in [0.3, 0.4) is 0 Å². The van der Waals surface area contributed by atoms with Gasteiger partial charge in [0.25, 0.3) is 0 Å². The zero-order valence-electron chi connectivity index (χ0n) is 40.3. The Kier molecular flexibility index (Phi) is 22.5. The van der Waals surface area contributed by atoms with Crippen LogP contribution in [0.15, 0.2) is 82.9 Å². The summed E-state index contributed by atoms with van der Waals surface area (Å²) in [6.45, 7) is 9.53. The number of halogens is 6. The molecule has 0 radical (unpaired) electrons. The molecule has 4 rings (SSSR count). The van der Waals surface area contributed by atoms with E-state index < -0.39 is 83.3 Å². The number of hydrogen-bond acceptors (Lipinski definition) is 14. The molecule has 0 amide bonds. The van der Waals surface area contributed by atoms with Gasteiger partial charge in [-0.3, -0.25) is 28.8 Å². The van der Waals surface area contributed by atoms with Crippen LogP contribution in [0.1, 0.15) is 112 Å². The van der Waals surface area contributed by atoms with E-state index >= 15 is 0 Å². The third-order valence-corrected chi connectivity index (χ3v) is 12.7. The summed E-state index contributed by atoms with van der Waals surface area (Å²) < 4.78 is 49.2. The number of ether oxygens (including phenoxy) is 8. The van der Waals surface area contributed by atoms with Crippen molar-refractivity contribution in [3.8, 4) is 11.5 Å². The topological polar surface area (TPSA) is 176 Å². The Hall–Kier alpha value is -4.44. The maximum atomic E-state index is 14.4. The average molecular weight is 1110 g/mol. The quantitative estimate of drug-likeness (QED) is 0.0494. The molecule has 2 aromatic rings. The summed E-state index contributed by atoms with van der Waals surface area (Å²) in [7, 11) is 0. The molecule has 2 aromatic carbocycles. The standard InChI is InChI=1S/C51H58Cl6O14/c1-7-12-42(58)64-30-32(5)48(28-36(54)22-24-50(48,70-44(60)14-9-3)66-40-20-18-34(52)26-38(40)56)68-46(62)16-11-17-47(63)69-49(33(6)31-65-43(59)13-8-2)29-37(55)23-25-51(49,71-45(61)15-10-4)67-41-21-19-35(53)27-39(41)57/h18-29,32-33H,7-17,30-31H2,1-6H3. The van der Waals surface area contributed by atoms with Crippen molar-refractivity contribution < 1.29 is 66.7 Å². The third-order valence-electron chi connectivity index (χ3n) is 11.2. The molecule has 2 aliphatic rings. The fourth-order valence-corrected chi connectivity index (χ4v) is 8.94. The molecule has 0 heterocycles. The smallest absolute Gasteiger partial charge is 0.318 e. The van der Waals surface area contributed by atoms with Crippen LogP contribution in [0.2, 0.25) is 20.1 Å². The average Bonchev–Trinajstić information content (AvgIpc) is 3.29. The number of benzene rings is 2. The van der Waals surface area contributed by atoms with Crippen molar-refractivity contribution in [2.45, 2.75) is 135 Å². The van der Waals surface area contributed by atoms with Gasteiger partial charge in [0.15, 0.2) is 0 Å². The van der Waals surface area contributed by atoms with Crippen molar-refractivity contribution >= 4 is 105 Å². The first kappa shape index (κ1) is 59.1. The molecule has 20 heteroatoms. The SMILES string of the molecule is CCCC(=O)OCC(C)C1(OC(=O)CCCC(=O)OC2(C(C)COC(=O)CCC)C=C(Cl)C=CC2(OC(=O)CCC)Oc2ccc(Cl)cc2Cl)C=C(Cl)C=CC1(OC(=O)CCC)Oc1ccc(Cl)cc1Cl. The minimum absolute atomic E-state index is 0.0137. The molecule has 388 valence electrons. The normalized spacial score (nSPS) is 22.2. The zero-order chi connectivity index (χ0) is 52.6. The molecule has 0 saturated carbocycles.